The first kappa shape index (κ1) is 22.9. The van der Waals surface area contributed by atoms with E-state index in [0.717, 1.165) is 46.9 Å². The van der Waals surface area contributed by atoms with Gasteiger partial charge in [-0.3, -0.25) is 4.79 Å². The molecule has 1 aliphatic carbocycles. The number of fused-ring (bicyclic) bond motifs is 2. The van der Waals surface area contributed by atoms with Gasteiger partial charge < -0.3 is 10.1 Å². The lowest BCUT2D eigenvalue weighted by Gasteiger charge is -2.30. The second kappa shape index (κ2) is 9.39. The molecule has 1 aliphatic heterocycles. The molecule has 0 unspecified atom stereocenters. The Kier molecular flexibility index (Phi) is 6.32. The zero-order valence-electron chi connectivity index (χ0n) is 19.4. The first-order chi connectivity index (χ1) is 16.5. The van der Waals surface area contributed by atoms with Crippen molar-refractivity contribution in [2.24, 2.45) is 5.92 Å². The average molecular weight is 479 g/mol. The molecule has 0 bridgehead atoms. The SMILES string of the molecule is COc1ccc2ccccc2c1CNC(=O)C1CCN(S(=O)(=O)c2ccc3c(c2)CCC3)CC1. The van der Waals surface area contributed by atoms with Gasteiger partial charge in [0, 0.05) is 31.1 Å². The summed E-state index contributed by atoms with van der Waals surface area (Å²) in [6.45, 7) is 1.08. The Morgan fingerprint density at radius 1 is 1.03 bits per heavy atom. The van der Waals surface area contributed by atoms with Crippen molar-refractivity contribution in [2.75, 3.05) is 20.2 Å². The Balaban J connectivity index is 1.23. The fourth-order valence-corrected chi connectivity index (χ4v) is 6.75. The Bertz CT molecular complexity index is 1330. The minimum Gasteiger partial charge on any atom is -0.496 e. The van der Waals surface area contributed by atoms with Crippen molar-refractivity contribution in [3.05, 3.63) is 71.3 Å². The molecule has 0 saturated carbocycles. The summed E-state index contributed by atoms with van der Waals surface area (Å²) in [6.07, 6.45) is 4.10. The molecule has 1 saturated heterocycles. The molecule has 0 atom stereocenters. The average Bonchev–Trinajstić information content (AvgIpc) is 3.35. The summed E-state index contributed by atoms with van der Waals surface area (Å²) in [5.74, 6) is 0.506. The number of amides is 1. The summed E-state index contributed by atoms with van der Waals surface area (Å²) in [6, 6.07) is 17.5. The molecule has 6 nitrogen and oxygen atoms in total. The van der Waals surface area contributed by atoms with Gasteiger partial charge in [0.2, 0.25) is 15.9 Å². The van der Waals surface area contributed by atoms with Crippen molar-refractivity contribution < 1.29 is 17.9 Å². The molecule has 7 heteroatoms. The van der Waals surface area contributed by atoms with E-state index >= 15 is 0 Å². The molecule has 5 rings (SSSR count). The number of rotatable bonds is 6. The van der Waals surface area contributed by atoms with Gasteiger partial charge in [0.1, 0.15) is 5.75 Å². The van der Waals surface area contributed by atoms with Crippen LogP contribution < -0.4 is 10.1 Å². The van der Waals surface area contributed by atoms with Gasteiger partial charge in [-0.25, -0.2) is 8.42 Å². The third kappa shape index (κ3) is 4.30. The minimum absolute atomic E-state index is 0.0374. The molecule has 1 amide bonds. The molecule has 34 heavy (non-hydrogen) atoms. The minimum atomic E-state index is -3.54. The normalized spacial score (nSPS) is 17.0. The van der Waals surface area contributed by atoms with Crippen LogP contribution in [0.2, 0.25) is 0 Å². The monoisotopic (exact) mass is 478 g/mol. The van der Waals surface area contributed by atoms with Crippen molar-refractivity contribution in [1.29, 1.82) is 0 Å². The van der Waals surface area contributed by atoms with Gasteiger partial charge in [0.25, 0.3) is 0 Å². The van der Waals surface area contributed by atoms with E-state index in [9.17, 15) is 13.2 Å². The van der Waals surface area contributed by atoms with E-state index in [4.69, 9.17) is 4.74 Å². The molecule has 3 aromatic rings. The van der Waals surface area contributed by atoms with Crippen LogP contribution in [-0.2, 0) is 34.2 Å². The summed E-state index contributed by atoms with van der Waals surface area (Å²) >= 11 is 0. The van der Waals surface area contributed by atoms with Crippen LogP contribution in [0, 0.1) is 5.92 Å². The fourth-order valence-electron chi connectivity index (χ4n) is 5.23. The maximum atomic E-state index is 13.2. The third-order valence-corrected chi connectivity index (χ3v) is 9.08. The number of hydrogen-bond donors (Lipinski definition) is 1. The molecule has 0 spiro atoms. The summed E-state index contributed by atoms with van der Waals surface area (Å²) in [5, 5.41) is 5.21. The molecular weight excluding hydrogens is 448 g/mol. The van der Waals surface area contributed by atoms with Crippen molar-refractivity contribution >= 4 is 26.7 Å². The summed E-state index contributed by atoms with van der Waals surface area (Å²) in [5.41, 5.74) is 3.36. The van der Waals surface area contributed by atoms with E-state index in [1.54, 1.807) is 13.2 Å². The number of nitrogens with one attached hydrogen (secondary N) is 1. The first-order valence-electron chi connectivity index (χ1n) is 11.9. The van der Waals surface area contributed by atoms with E-state index in [0.29, 0.717) is 37.4 Å². The van der Waals surface area contributed by atoms with Crippen molar-refractivity contribution in [1.82, 2.24) is 9.62 Å². The Morgan fingerprint density at radius 2 is 1.79 bits per heavy atom. The van der Waals surface area contributed by atoms with E-state index in [2.05, 4.69) is 5.32 Å². The lowest BCUT2D eigenvalue weighted by atomic mass is 9.97. The highest BCUT2D eigenvalue weighted by atomic mass is 32.2. The maximum absolute atomic E-state index is 13.2. The molecule has 2 aliphatic rings. The second-order valence-electron chi connectivity index (χ2n) is 9.15. The molecule has 1 fully saturated rings. The molecule has 178 valence electrons. The number of nitrogens with zero attached hydrogens (tertiary/aromatic N) is 1. The smallest absolute Gasteiger partial charge is 0.243 e. The standard InChI is InChI=1S/C27H30N2O4S/c1-33-26-12-10-20-5-2-3-8-24(20)25(26)18-28-27(30)21-13-15-29(16-14-21)34(31,32)23-11-9-19-6-4-7-22(19)17-23/h2-3,5,8-12,17,21H,4,6-7,13-16,18H2,1H3,(H,28,30). The van der Waals surface area contributed by atoms with Gasteiger partial charge >= 0.3 is 0 Å². The molecule has 0 radical (unpaired) electrons. The van der Waals surface area contributed by atoms with Gasteiger partial charge in [-0.15, -0.1) is 0 Å². The number of methoxy groups -OCH3 is 1. The Labute approximate surface area is 201 Å². The van der Waals surface area contributed by atoms with Crippen LogP contribution >= 0.6 is 0 Å². The number of carbonyl (C=O) groups is 1. The predicted octanol–water partition coefficient (Wildman–Crippen LogP) is 4.05. The quantitative estimate of drug-likeness (QED) is 0.580. The lowest BCUT2D eigenvalue weighted by molar-refractivity contribution is -0.126. The summed E-state index contributed by atoms with van der Waals surface area (Å²) in [4.78, 5) is 13.3. The fraction of sp³-hybridized carbons (Fsp3) is 0.370. The molecular formula is C27H30N2O4S. The van der Waals surface area contributed by atoms with Gasteiger partial charge in [-0.1, -0.05) is 36.4 Å². The molecule has 1 N–H and O–H groups in total. The van der Waals surface area contributed by atoms with Crippen molar-refractivity contribution in [3.63, 3.8) is 0 Å². The number of sulfonamides is 1. The molecule has 1 heterocycles. The lowest BCUT2D eigenvalue weighted by Crippen LogP contribution is -2.42. The van der Waals surface area contributed by atoms with E-state index in [1.807, 2.05) is 48.5 Å². The van der Waals surface area contributed by atoms with Crippen molar-refractivity contribution in [3.8, 4) is 5.75 Å². The number of ether oxygens (including phenoxy) is 1. The van der Waals surface area contributed by atoms with Gasteiger partial charge in [0.05, 0.1) is 12.0 Å². The van der Waals surface area contributed by atoms with Crippen LogP contribution in [0.4, 0.5) is 0 Å². The van der Waals surface area contributed by atoms with E-state index in [1.165, 1.54) is 9.87 Å². The second-order valence-corrected chi connectivity index (χ2v) is 11.1. The van der Waals surface area contributed by atoms with Gasteiger partial charge in [-0.2, -0.15) is 4.31 Å². The topological polar surface area (TPSA) is 75.7 Å². The number of hydrogen-bond acceptors (Lipinski definition) is 4. The number of piperidine rings is 1. The number of benzene rings is 3. The highest BCUT2D eigenvalue weighted by Crippen LogP contribution is 2.30. The highest BCUT2D eigenvalue weighted by Gasteiger charge is 2.32. The third-order valence-electron chi connectivity index (χ3n) is 7.19. The van der Waals surface area contributed by atoms with Crippen molar-refractivity contribution in [2.45, 2.75) is 43.5 Å². The Hall–Kier alpha value is -2.90. The maximum Gasteiger partial charge on any atom is 0.243 e. The highest BCUT2D eigenvalue weighted by molar-refractivity contribution is 7.89. The van der Waals surface area contributed by atoms with Crippen LogP contribution in [0.25, 0.3) is 10.8 Å². The van der Waals surface area contributed by atoms with E-state index in [-0.39, 0.29) is 11.8 Å². The largest absolute Gasteiger partial charge is 0.496 e. The number of carbonyl (C=O) groups excluding carboxylic acids is 1. The van der Waals surface area contributed by atoms with Crippen LogP contribution in [0.1, 0.15) is 36.0 Å². The zero-order valence-corrected chi connectivity index (χ0v) is 20.2. The summed E-state index contributed by atoms with van der Waals surface area (Å²) in [7, 11) is -1.90. The van der Waals surface area contributed by atoms with Gasteiger partial charge in [0.15, 0.2) is 0 Å². The van der Waals surface area contributed by atoms with Crippen LogP contribution in [-0.4, -0.2) is 38.8 Å². The van der Waals surface area contributed by atoms with Crippen LogP contribution in [0.15, 0.2) is 59.5 Å². The van der Waals surface area contributed by atoms with Crippen LogP contribution in [0.5, 0.6) is 5.75 Å². The predicted molar refractivity (Wildman–Crippen MR) is 132 cm³/mol. The molecule has 0 aromatic heterocycles. The Morgan fingerprint density at radius 3 is 2.59 bits per heavy atom. The number of aryl methyl sites for hydroxylation is 2. The first-order valence-corrected chi connectivity index (χ1v) is 13.4. The zero-order chi connectivity index (χ0) is 23.7. The van der Waals surface area contributed by atoms with Gasteiger partial charge in [-0.05, 0) is 72.2 Å². The van der Waals surface area contributed by atoms with Crippen LogP contribution in [0.3, 0.4) is 0 Å². The molecule has 3 aromatic carbocycles. The van der Waals surface area contributed by atoms with E-state index < -0.39 is 10.0 Å². The summed E-state index contributed by atoms with van der Waals surface area (Å²) < 4.78 is 33.4.